The number of hydrogen-bond acceptors (Lipinski definition) is 1. The summed E-state index contributed by atoms with van der Waals surface area (Å²) in [6.45, 7) is 13.4. The molecule has 0 nitrogen and oxygen atoms in total. The van der Waals surface area contributed by atoms with E-state index in [0.717, 1.165) is 5.75 Å². The van der Waals surface area contributed by atoms with Crippen molar-refractivity contribution >= 4 is 28.0 Å². The summed E-state index contributed by atoms with van der Waals surface area (Å²) < 4.78 is 0. The van der Waals surface area contributed by atoms with Crippen molar-refractivity contribution in [2.45, 2.75) is 40.8 Å². The van der Waals surface area contributed by atoms with Crippen LogP contribution in [0.3, 0.4) is 0 Å². The summed E-state index contributed by atoms with van der Waals surface area (Å²) in [4.78, 5) is 1.36. The van der Waals surface area contributed by atoms with E-state index in [1.807, 2.05) is 11.8 Å². The van der Waals surface area contributed by atoms with Crippen molar-refractivity contribution in [3.8, 4) is 11.1 Å². The average molecular weight is 603 g/mol. The third kappa shape index (κ3) is 8.45. The van der Waals surface area contributed by atoms with Gasteiger partial charge in [0.2, 0.25) is 0 Å². The number of benzene rings is 2. The molecule has 1 heterocycles. The molecule has 1 aliphatic carbocycles. The van der Waals surface area contributed by atoms with Crippen molar-refractivity contribution in [1.82, 2.24) is 0 Å². The summed E-state index contributed by atoms with van der Waals surface area (Å²) >= 11 is 3.63. The van der Waals surface area contributed by atoms with Gasteiger partial charge >= 0.3 is 41.9 Å². The van der Waals surface area contributed by atoms with Gasteiger partial charge in [-0.15, -0.1) is 45.0 Å². The Morgan fingerprint density at radius 3 is 2.26 bits per heavy atom. The number of hydrogen-bond donors (Lipinski definition) is 0. The molecule has 1 aliphatic heterocycles. The Balaban J connectivity index is 0.000000296. The quantitative estimate of drug-likeness (QED) is 0.321. The predicted molar refractivity (Wildman–Crippen MR) is 142 cm³/mol. The number of allylic oxidation sites excluding steroid dienone is 4. The zero-order valence-corrected chi connectivity index (χ0v) is 26.6. The molecule has 2 aliphatic rings. The SMILES string of the molecule is CC(C)C1=CC2=CCSC2=[C-]1.C[Si](C)=[Zr+2].Cc1cc2c(-c3ccccc3)ccc(C)c2[cH-]1.[Cl-].[Cl-]. The normalized spacial score (nSPS) is 13.3. The molecule has 0 aromatic heterocycles. The van der Waals surface area contributed by atoms with Crippen molar-refractivity contribution < 1.29 is 48.1 Å². The molecule has 34 heavy (non-hydrogen) atoms. The van der Waals surface area contributed by atoms with Crippen molar-refractivity contribution in [2.24, 2.45) is 5.92 Å². The molecule has 0 N–H and O–H groups in total. The Kier molecular flexibility index (Phi) is 13.6. The summed E-state index contributed by atoms with van der Waals surface area (Å²) in [5.41, 5.74) is 8.29. The first-order valence-corrected chi connectivity index (χ1v) is 18.4. The van der Waals surface area contributed by atoms with Crippen LogP contribution in [-0.4, -0.2) is 11.2 Å². The zero-order chi connectivity index (χ0) is 23.3. The third-order valence-corrected chi connectivity index (χ3v) is 6.28. The minimum absolute atomic E-state index is 0. The van der Waals surface area contributed by atoms with E-state index in [0.29, 0.717) is 5.92 Å². The van der Waals surface area contributed by atoms with E-state index in [1.165, 1.54) is 49.1 Å². The van der Waals surface area contributed by atoms with Gasteiger partial charge < -0.3 is 24.8 Å². The number of aryl methyl sites for hydroxylation is 2. The van der Waals surface area contributed by atoms with Crippen molar-refractivity contribution in [3.05, 3.63) is 100 Å². The number of fused-ring (bicyclic) bond motifs is 2. The molecule has 0 radical (unpaired) electrons. The first kappa shape index (κ1) is 31.3. The van der Waals surface area contributed by atoms with E-state index in [9.17, 15) is 0 Å². The van der Waals surface area contributed by atoms with Crippen LogP contribution in [0.15, 0.2) is 82.8 Å². The van der Waals surface area contributed by atoms with Gasteiger partial charge in [0, 0.05) is 5.75 Å². The fourth-order valence-corrected chi connectivity index (χ4v) is 4.66. The topological polar surface area (TPSA) is 0 Å². The van der Waals surface area contributed by atoms with E-state index >= 15 is 0 Å². The molecule has 0 unspecified atom stereocenters. The molecule has 0 atom stereocenters. The van der Waals surface area contributed by atoms with E-state index in [-0.39, 0.29) is 30.2 Å². The molecule has 3 aromatic carbocycles. The number of rotatable bonds is 2. The molecule has 0 bridgehead atoms. The van der Waals surface area contributed by atoms with Crippen LogP contribution in [0, 0.1) is 25.8 Å². The van der Waals surface area contributed by atoms with Crippen LogP contribution in [0.2, 0.25) is 13.1 Å². The second kappa shape index (κ2) is 14.8. The molecule has 5 rings (SSSR count). The standard InChI is InChI=1S/C17H15.C10H11S.C2H6Si.2ClH.Zr/c1-12-10-16-13(2)8-9-15(17(16)11-12)14-6-4-3-5-7-14;1-7(2)9-5-8-3-4-11-10(8)6-9;1-3-2;;;/h3-11H,1-2H3;3,5,7H,4H2,1-2H3;1-2H3;2*1H;/q2*-1;;;;+2/p-2. The van der Waals surface area contributed by atoms with Crippen LogP contribution < -0.4 is 24.8 Å². The van der Waals surface area contributed by atoms with Gasteiger partial charge in [0.15, 0.2) is 0 Å². The molecule has 0 saturated carbocycles. The molecule has 5 heteroatoms. The minimum atomic E-state index is 0. The van der Waals surface area contributed by atoms with E-state index in [4.69, 9.17) is 0 Å². The van der Waals surface area contributed by atoms with Crippen LogP contribution in [-0.2, 0) is 23.3 Å². The summed E-state index contributed by atoms with van der Waals surface area (Å²) in [6.07, 6.45) is 7.97. The van der Waals surface area contributed by atoms with Crippen molar-refractivity contribution in [3.63, 3.8) is 0 Å². The second-order valence-electron chi connectivity index (χ2n) is 8.84. The summed E-state index contributed by atoms with van der Waals surface area (Å²) in [5.74, 6) is 1.76. The Morgan fingerprint density at radius 1 is 1.03 bits per heavy atom. The Hall–Kier alpha value is -0.700. The number of halogens is 2. The summed E-state index contributed by atoms with van der Waals surface area (Å²) in [7, 11) is 0. The van der Waals surface area contributed by atoms with Crippen LogP contribution in [0.4, 0.5) is 0 Å². The van der Waals surface area contributed by atoms with Gasteiger partial charge in [0.05, 0.1) is 0 Å². The smallest absolute Gasteiger partial charge is 0.0279 e. The predicted octanol–water partition coefficient (Wildman–Crippen LogP) is 2.58. The summed E-state index contributed by atoms with van der Waals surface area (Å²) in [5, 5.41) is 2.75. The molecule has 0 spiro atoms. The van der Waals surface area contributed by atoms with Gasteiger partial charge in [-0.1, -0.05) is 69.7 Å². The maximum atomic E-state index is 3.42. The van der Waals surface area contributed by atoms with Crippen LogP contribution in [0.1, 0.15) is 25.0 Å². The second-order valence-corrected chi connectivity index (χ2v) is 19.2. The molecule has 3 aromatic rings. The van der Waals surface area contributed by atoms with Gasteiger partial charge in [-0.3, -0.25) is 0 Å². The fourth-order valence-electron chi connectivity index (χ4n) is 3.73. The molecule has 0 fully saturated rings. The van der Waals surface area contributed by atoms with Crippen LogP contribution >= 0.6 is 11.8 Å². The average Bonchev–Trinajstić information content (AvgIpc) is 3.43. The van der Waals surface area contributed by atoms with Crippen LogP contribution in [0.25, 0.3) is 21.9 Å². The van der Waals surface area contributed by atoms with Crippen molar-refractivity contribution in [1.29, 1.82) is 0 Å². The monoisotopic (exact) mass is 600 g/mol. The largest absolute Gasteiger partial charge is 1.00 e. The summed E-state index contributed by atoms with van der Waals surface area (Å²) in [6, 6.07) is 19.6. The van der Waals surface area contributed by atoms with Crippen LogP contribution in [0.5, 0.6) is 0 Å². The molecular formula is C29H32Cl2SSiZr-2. The van der Waals surface area contributed by atoms with Crippen molar-refractivity contribution in [2.75, 3.05) is 5.75 Å². The van der Waals surface area contributed by atoms with Gasteiger partial charge in [0.1, 0.15) is 0 Å². The van der Waals surface area contributed by atoms with E-state index in [2.05, 4.69) is 114 Å². The van der Waals surface area contributed by atoms with Gasteiger partial charge in [-0.2, -0.15) is 35.1 Å². The maximum Gasteiger partial charge on any atom is -0.0279 e. The Labute approximate surface area is 237 Å². The van der Waals surface area contributed by atoms with E-state index < -0.39 is 0 Å². The minimum Gasteiger partial charge on any atom is -1.00 e. The molecular weight excluding hydrogens is 571 g/mol. The number of thioether (sulfide) groups is 1. The molecule has 0 saturated heterocycles. The van der Waals surface area contributed by atoms with Gasteiger partial charge in [-0.25, -0.2) is 6.08 Å². The molecule has 178 valence electrons. The first-order chi connectivity index (χ1) is 15.3. The Morgan fingerprint density at radius 2 is 1.68 bits per heavy atom. The Bertz CT molecular complexity index is 1200. The van der Waals surface area contributed by atoms with Gasteiger partial charge in [-0.05, 0) is 11.5 Å². The van der Waals surface area contributed by atoms with Gasteiger partial charge in [0.25, 0.3) is 0 Å². The fraction of sp³-hybridized carbons (Fsp3) is 0.276. The first-order valence-electron chi connectivity index (χ1n) is 11.2. The van der Waals surface area contributed by atoms with E-state index in [1.54, 1.807) is 23.3 Å². The molecule has 0 amide bonds. The zero-order valence-electron chi connectivity index (χ0n) is 20.8. The maximum absolute atomic E-state index is 3.42. The third-order valence-electron chi connectivity index (χ3n) is 5.32.